The fourth-order valence-electron chi connectivity index (χ4n) is 2.95. The van der Waals surface area contributed by atoms with Crippen LogP contribution >= 0.6 is 11.3 Å². The summed E-state index contributed by atoms with van der Waals surface area (Å²) >= 11 is 1.97. The fourth-order valence-corrected chi connectivity index (χ4v) is 4.34. The summed E-state index contributed by atoms with van der Waals surface area (Å²) in [6.45, 7) is 7.90. The maximum atomic E-state index is 4.97. The van der Waals surface area contributed by atoms with E-state index in [1.807, 2.05) is 11.3 Å². The van der Waals surface area contributed by atoms with Crippen molar-refractivity contribution >= 4 is 11.3 Å². The van der Waals surface area contributed by atoms with Crippen molar-refractivity contribution in [3.8, 4) is 0 Å². The second-order valence-electron chi connectivity index (χ2n) is 7.21. The third-order valence-electron chi connectivity index (χ3n) is 4.26. The number of nitrogens with zero attached hydrogens (tertiary/aromatic N) is 1. The topological polar surface area (TPSA) is 24.9 Å². The second kappa shape index (κ2) is 5.17. The van der Waals surface area contributed by atoms with Crippen LogP contribution in [-0.4, -0.2) is 11.0 Å². The Labute approximate surface area is 121 Å². The zero-order valence-corrected chi connectivity index (χ0v) is 13.3. The Morgan fingerprint density at radius 2 is 1.84 bits per heavy atom. The molecule has 2 aliphatic carbocycles. The molecule has 2 aliphatic rings. The predicted molar refractivity (Wildman–Crippen MR) is 81.9 cm³/mol. The second-order valence-corrected chi connectivity index (χ2v) is 8.33. The normalized spacial score (nSPS) is 21.2. The first kappa shape index (κ1) is 13.6. The summed E-state index contributed by atoms with van der Waals surface area (Å²) in [7, 11) is 0. The molecule has 0 amide bonds. The molecule has 0 unspecified atom stereocenters. The summed E-state index contributed by atoms with van der Waals surface area (Å²) in [5, 5.41) is 5.15. The monoisotopic (exact) mass is 278 g/mol. The fraction of sp³-hybridized carbons (Fsp3) is 0.812. The molecule has 3 rings (SSSR count). The van der Waals surface area contributed by atoms with E-state index in [4.69, 9.17) is 4.98 Å². The van der Waals surface area contributed by atoms with E-state index < -0.39 is 0 Å². The van der Waals surface area contributed by atoms with Crippen molar-refractivity contribution in [3.63, 3.8) is 0 Å². The van der Waals surface area contributed by atoms with Gasteiger partial charge in [-0.2, -0.15) is 0 Å². The van der Waals surface area contributed by atoms with Crippen molar-refractivity contribution in [2.45, 2.75) is 83.2 Å². The van der Waals surface area contributed by atoms with Crippen LogP contribution < -0.4 is 5.32 Å². The standard InChI is InChI=1S/C16H26N2S/c1-16(2,3)14-13(10-17-12-6-4-5-7-12)19-15(18-14)11-8-9-11/h11-12,17H,4-10H2,1-3H3. The number of nitrogens with one attached hydrogen (secondary N) is 1. The molecule has 0 radical (unpaired) electrons. The van der Waals surface area contributed by atoms with Crippen LogP contribution in [-0.2, 0) is 12.0 Å². The Kier molecular flexibility index (Phi) is 3.69. The highest BCUT2D eigenvalue weighted by molar-refractivity contribution is 7.11. The molecular weight excluding hydrogens is 252 g/mol. The number of rotatable bonds is 4. The van der Waals surface area contributed by atoms with Gasteiger partial charge < -0.3 is 5.32 Å². The van der Waals surface area contributed by atoms with Crippen LogP contribution in [0.5, 0.6) is 0 Å². The van der Waals surface area contributed by atoms with Gasteiger partial charge in [-0.25, -0.2) is 4.98 Å². The quantitative estimate of drug-likeness (QED) is 0.885. The Morgan fingerprint density at radius 3 is 2.42 bits per heavy atom. The van der Waals surface area contributed by atoms with E-state index in [0.29, 0.717) is 0 Å². The molecule has 0 spiro atoms. The Balaban J connectivity index is 1.73. The Bertz CT molecular complexity index is 434. The van der Waals surface area contributed by atoms with Gasteiger partial charge in [-0.15, -0.1) is 11.3 Å². The summed E-state index contributed by atoms with van der Waals surface area (Å²) in [5.41, 5.74) is 1.51. The summed E-state index contributed by atoms with van der Waals surface area (Å²) in [6, 6.07) is 0.749. The third kappa shape index (κ3) is 3.19. The summed E-state index contributed by atoms with van der Waals surface area (Å²) < 4.78 is 0. The molecule has 0 atom stereocenters. The maximum Gasteiger partial charge on any atom is 0.0962 e. The zero-order valence-electron chi connectivity index (χ0n) is 12.5. The van der Waals surface area contributed by atoms with E-state index in [-0.39, 0.29) is 5.41 Å². The van der Waals surface area contributed by atoms with Crippen LogP contribution in [0.2, 0.25) is 0 Å². The number of hydrogen-bond donors (Lipinski definition) is 1. The third-order valence-corrected chi connectivity index (χ3v) is 5.48. The van der Waals surface area contributed by atoms with E-state index >= 15 is 0 Å². The smallest absolute Gasteiger partial charge is 0.0962 e. The first-order valence-corrected chi connectivity index (χ1v) is 8.59. The lowest BCUT2D eigenvalue weighted by Crippen LogP contribution is -2.26. The molecule has 0 aromatic carbocycles. The van der Waals surface area contributed by atoms with Crippen LogP contribution in [0.3, 0.4) is 0 Å². The van der Waals surface area contributed by atoms with Crippen LogP contribution in [0.25, 0.3) is 0 Å². The number of aromatic nitrogens is 1. The highest BCUT2D eigenvalue weighted by Gasteiger charge is 2.31. The number of thiazole rings is 1. The molecule has 106 valence electrons. The number of hydrogen-bond acceptors (Lipinski definition) is 3. The van der Waals surface area contributed by atoms with Crippen molar-refractivity contribution in [2.24, 2.45) is 0 Å². The first-order chi connectivity index (χ1) is 9.04. The first-order valence-electron chi connectivity index (χ1n) is 7.77. The van der Waals surface area contributed by atoms with Gasteiger partial charge in [0.2, 0.25) is 0 Å². The largest absolute Gasteiger partial charge is 0.309 e. The SMILES string of the molecule is CC(C)(C)c1nc(C2CC2)sc1CNC1CCCC1. The van der Waals surface area contributed by atoms with Gasteiger partial charge in [0.1, 0.15) is 0 Å². The molecule has 2 nitrogen and oxygen atoms in total. The average molecular weight is 278 g/mol. The average Bonchev–Trinajstić information content (AvgIpc) is 2.91. The molecule has 1 heterocycles. The summed E-state index contributed by atoms with van der Waals surface area (Å²) in [4.78, 5) is 6.45. The molecule has 19 heavy (non-hydrogen) atoms. The molecule has 1 N–H and O–H groups in total. The van der Waals surface area contributed by atoms with E-state index in [1.165, 1.54) is 54.1 Å². The zero-order chi connectivity index (χ0) is 13.5. The summed E-state index contributed by atoms with van der Waals surface area (Å²) in [6.07, 6.45) is 8.23. The van der Waals surface area contributed by atoms with Gasteiger partial charge in [-0.05, 0) is 25.7 Å². The lowest BCUT2D eigenvalue weighted by Gasteiger charge is -2.19. The van der Waals surface area contributed by atoms with Crippen LogP contribution in [0.1, 0.15) is 80.8 Å². The minimum Gasteiger partial charge on any atom is -0.309 e. The molecule has 2 fully saturated rings. The highest BCUT2D eigenvalue weighted by atomic mass is 32.1. The molecule has 3 heteroatoms. The molecule has 2 saturated carbocycles. The Hall–Kier alpha value is -0.410. The lowest BCUT2D eigenvalue weighted by molar-refractivity contribution is 0.512. The van der Waals surface area contributed by atoms with Crippen LogP contribution in [0.4, 0.5) is 0 Å². The van der Waals surface area contributed by atoms with Crippen molar-refractivity contribution in [1.82, 2.24) is 10.3 Å². The molecule has 1 aromatic rings. The minimum absolute atomic E-state index is 0.177. The van der Waals surface area contributed by atoms with E-state index in [2.05, 4.69) is 26.1 Å². The van der Waals surface area contributed by atoms with Gasteiger partial charge in [0, 0.05) is 28.8 Å². The molecule has 0 aliphatic heterocycles. The van der Waals surface area contributed by atoms with Crippen LogP contribution in [0, 0.1) is 0 Å². The molecule has 1 aromatic heterocycles. The summed E-state index contributed by atoms with van der Waals surface area (Å²) in [5.74, 6) is 0.784. The van der Waals surface area contributed by atoms with Gasteiger partial charge in [-0.1, -0.05) is 33.6 Å². The minimum atomic E-state index is 0.177. The lowest BCUT2D eigenvalue weighted by atomic mass is 9.91. The van der Waals surface area contributed by atoms with Gasteiger partial charge in [-0.3, -0.25) is 0 Å². The van der Waals surface area contributed by atoms with Crippen molar-refractivity contribution in [3.05, 3.63) is 15.6 Å². The van der Waals surface area contributed by atoms with Gasteiger partial charge in [0.15, 0.2) is 0 Å². The molecule has 0 bridgehead atoms. The van der Waals surface area contributed by atoms with Gasteiger partial charge in [0.05, 0.1) is 10.7 Å². The maximum absolute atomic E-state index is 4.97. The van der Waals surface area contributed by atoms with Gasteiger partial charge in [0.25, 0.3) is 0 Å². The highest BCUT2D eigenvalue weighted by Crippen LogP contribution is 2.44. The van der Waals surface area contributed by atoms with E-state index in [9.17, 15) is 0 Å². The van der Waals surface area contributed by atoms with Crippen molar-refractivity contribution in [2.75, 3.05) is 0 Å². The van der Waals surface area contributed by atoms with Gasteiger partial charge >= 0.3 is 0 Å². The molecule has 0 saturated heterocycles. The predicted octanol–water partition coefficient (Wildman–Crippen LogP) is 4.35. The van der Waals surface area contributed by atoms with Crippen molar-refractivity contribution in [1.29, 1.82) is 0 Å². The van der Waals surface area contributed by atoms with E-state index in [0.717, 1.165) is 18.5 Å². The van der Waals surface area contributed by atoms with E-state index in [1.54, 1.807) is 0 Å². The van der Waals surface area contributed by atoms with Crippen LogP contribution in [0.15, 0.2) is 0 Å². The Morgan fingerprint density at radius 1 is 1.16 bits per heavy atom. The van der Waals surface area contributed by atoms with Crippen molar-refractivity contribution < 1.29 is 0 Å². The molecular formula is C16H26N2S.